The van der Waals surface area contributed by atoms with Gasteiger partial charge in [-0.2, -0.15) is 4.52 Å². The Labute approximate surface area is 108 Å². The largest absolute Gasteiger partial charge is 0.603 e. The Hall–Kier alpha value is -0.760. The van der Waals surface area contributed by atoms with Crippen LogP contribution in [-0.4, -0.2) is 11.9 Å². The molecule has 0 aliphatic heterocycles. The zero-order chi connectivity index (χ0) is 12.8. The highest BCUT2D eigenvalue weighted by molar-refractivity contribution is 7.44. The fourth-order valence-corrected chi connectivity index (χ4v) is 3.13. The fraction of sp³-hybridized carbons (Fsp3) is 0.500. The van der Waals surface area contributed by atoms with Gasteiger partial charge in [-0.05, 0) is 24.5 Å². The van der Waals surface area contributed by atoms with E-state index in [4.69, 9.17) is 4.52 Å². The summed E-state index contributed by atoms with van der Waals surface area (Å²) in [6, 6.07) is 6.55. The lowest BCUT2D eigenvalue weighted by Gasteiger charge is -2.18. The normalized spacial score (nSPS) is 18.0. The standard InChI is InChI=1S/C14H18FO2P/c15-14-9-5-4-6-12(14)10-11-18(16)17-13-7-2-1-3-8-13/h4-6,9,11,13H,1-3,7-8,10H2. The van der Waals surface area contributed by atoms with E-state index in [1.165, 1.54) is 12.5 Å². The van der Waals surface area contributed by atoms with Crippen molar-refractivity contribution in [1.82, 2.24) is 0 Å². The zero-order valence-electron chi connectivity index (χ0n) is 10.3. The molecule has 0 saturated heterocycles. The van der Waals surface area contributed by atoms with Gasteiger partial charge in [-0.25, -0.2) is 4.39 Å². The Kier molecular flexibility index (Phi) is 5.30. The van der Waals surface area contributed by atoms with Gasteiger partial charge in [0.05, 0.1) is 0 Å². The van der Waals surface area contributed by atoms with Gasteiger partial charge in [0.2, 0.25) is 8.00 Å². The fourth-order valence-electron chi connectivity index (χ4n) is 2.20. The van der Waals surface area contributed by atoms with Gasteiger partial charge in [0, 0.05) is 6.42 Å². The molecule has 4 heteroatoms. The highest BCUT2D eigenvalue weighted by atomic mass is 31.1. The van der Waals surface area contributed by atoms with Crippen molar-refractivity contribution in [3.63, 3.8) is 0 Å². The molecule has 1 atom stereocenters. The lowest BCUT2D eigenvalue weighted by Crippen LogP contribution is -2.15. The Morgan fingerprint density at radius 1 is 1.28 bits per heavy atom. The van der Waals surface area contributed by atoms with E-state index in [-0.39, 0.29) is 11.9 Å². The second-order valence-electron chi connectivity index (χ2n) is 4.63. The van der Waals surface area contributed by atoms with Gasteiger partial charge in [0.25, 0.3) is 0 Å². The first-order valence-corrected chi connectivity index (χ1v) is 7.70. The van der Waals surface area contributed by atoms with Crippen molar-refractivity contribution >= 4 is 13.8 Å². The predicted molar refractivity (Wildman–Crippen MR) is 71.0 cm³/mol. The average Bonchev–Trinajstić information content (AvgIpc) is 2.39. The number of hydrogen-bond acceptors (Lipinski definition) is 2. The van der Waals surface area contributed by atoms with E-state index in [0.717, 1.165) is 25.7 Å². The van der Waals surface area contributed by atoms with Gasteiger partial charge in [0.15, 0.2) is 0 Å². The van der Waals surface area contributed by atoms with Crippen LogP contribution in [0.3, 0.4) is 0 Å². The summed E-state index contributed by atoms with van der Waals surface area (Å²) >= 11 is 0. The molecule has 0 radical (unpaired) electrons. The Morgan fingerprint density at radius 2 is 2.00 bits per heavy atom. The van der Waals surface area contributed by atoms with Crippen LogP contribution in [0.2, 0.25) is 0 Å². The van der Waals surface area contributed by atoms with E-state index in [1.54, 1.807) is 24.0 Å². The Bertz CT molecular complexity index is 414. The molecule has 1 aliphatic rings. The van der Waals surface area contributed by atoms with Crippen molar-refractivity contribution in [3.05, 3.63) is 35.6 Å². The third kappa shape index (κ3) is 4.16. The first kappa shape index (κ1) is 13.7. The molecular weight excluding hydrogens is 250 g/mol. The van der Waals surface area contributed by atoms with Crippen molar-refractivity contribution in [2.45, 2.75) is 44.6 Å². The van der Waals surface area contributed by atoms with Crippen molar-refractivity contribution < 1.29 is 13.8 Å². The topological polar surface area (TPSA) is 32.3 Å². The van der Waals surface area contributed by atoms with Gasteiger partial charge in [-0.3, -0.25) is 0 Å². The van der Waals surface area contributed by atoms with Crippen LogP contribution < -0.4 is 4.89 Å². The monoisotopic (exact) mass is 268 g/mol. The molecule has 2 rings (SSSR count). The molecule has 0 spiro atoms. The van der Waals surface area contributed by atoms with Gasteiger partial charge in [-0.15, -0.1) is 0 Å². The SMILES string of the molecule is [O-][P+](=CCc1ccccc1F)OC1CCCCC1. The van der Waals surface area contributed by atoms with E-state index in [9.17, 15) is 9.28 Å². The van der Waals surface area contributed by atoms with Crippen LogP contribution in [0.15, 0.2) is 24.3 Å². The molecule has 1 saturated carbocycles. The number of hydrogen-bond donors (Lipinski definition) is 0. The average molecular weight is 268 g/mol. The van der Waals surface area contributed by atoms with E-state index in [0.29, 0.717) is 12.0 Å². The molecule has 1 fully saturated rings. The molecule has 0 aromatic heterocycles. The summed E-state index contributed by atoms with van der Waals surface area (Å²) in [5, 5.41) is 0. The summed E-state index contributed by atoms with van der Waals surface area (Å²) in [4.78, 5) is 11.7. The summed E-state index contributed by atoms with van der Waals surface area (Å²) in [6.07, 6.45) is 6.02. The maximum absolute atomic E-state index is 13.3. The smallest absolute Gasteiger partial charge is 0.217 e. The van der Waals surface area contributed by atoms with Crippen LogP contribution in [0.25, 0.3) is 0 Å². The highest BCUT2D eigenvalue weighted by Gasteiger charge is 2.18. The molecule has 0 heterocycles. The van der Waals surface area contributed by atoms with Crippen molar-refractivity contribution in [1.29, 1.82) is 0 Å². The number of rotatable bonds is 4. The predicted octanol–water partition coefficient (Wildman–Crippen LogP) is 3.19. The van der Waals surface area contributed by atoms with Gasteiger partial charge >= 0.3 is 0 Å². The van der Waals surface area contributed by atoms with Crippen LogP contribution in [0.5, 0.6) is 0 Å². The van der Waals surface area contributed by atoms with Gasteiger partial charge < -0.3 is 4.89 Å². The third-order valence-corrected chi connectivity index (χ3v) is 4.21. The van der Waals surface area contributed by atoms with Crippen LogP contribution in [0, 0.1) is 5.82 Å². The minimum absolute atomic E-state index is 0.124. The molecule has 18 heavy (non-hydrogen) atoms. The molecule has 0 N–H and O–H groups in total. The van der Waals surface area contributed by atoms with Crippen LogP contribution in [-0.2, 0) is 10.9 Å². The second-order valence-corrected chi connectivity index (χ2v) is 5.78. The zero-order valence-corrected chi connectivity index (χ0v) is 11.2. The van der Waals surface area contributed by atoms with Gasteiger partial charge in [-0.1, -0.05) is 37.5 Å². The minimum Gasteiger partial charge on any atom is -0.603 e. The van der Waals surface area contributed by atoms with Crippen molar-refractivity contribution in [2.24, 2.45) is 0 Å². The molecule has 1 aromatic rings. The van der Waals surface area contributed by atoms with Crippen molar-refractivity contribution in [3.8, 4) is 0 Å². The maximum atomic E-state index is 13.3. The van der Waals surface area contributed by atoms with E-state index in [2.05, 4.69) is 0 Å². The van der Waals surface area contributed by atoms with E-state index < -0.39 is 8.00 Å². The third-order valence-electron chi connectivity index (χ3n) is 3.22. The Morgan fingerprint density at radius 3 is 2.72 bits per heavy atom. The summed E-state index contributed by atoms with van der Waals surface area (Å²) < 4.78 is 18.8. The lowest BCUT2D eigenvalue weighted by atomic mass is 9.98. The maximum Gasteiger partial charge on any atom is 0.217 e. The van der Waals surface area contributed by atoms with Crippen LogP contribution in [0.1, 0.15) is 37.7 Å². The summed E-state index contributed by atoms with van der Waals surface area (Å²) in [7, 11) is -1.78. The van der Waals surface area contributed by atoms with E-state index >= 15 is 0 Å². The quantitative estimate of drug-likeness (QED) is 0.785. The summed E-state index contributed by atoms with van der Waals surface area (Å²) in [5.41, 5.74) is 0.563. The number of benzene rings is 1. The Balaban J connectivity index is 1.86. The first-order chi connectivity index (χ1) is 8.75. The molecule has 0 bridgehead atoms. The second kappa shape index (κ2) is 6.98. The van der Waals surface area contributed by atoms with Crippen LogP contribution in [0.4, 0.5) is 4.39 Å². The first-order valence-electron chi connectivity index (χ1n) is 6.45. The minimum atomic E-state index is -1.78. The summed E-state index contributed by atoms with van der Waals surface area (Å²) in [5.74, 6) is 1.32. The molecular formula is C14H18FO2P. The molecule has 98 valence electrons. The van der Waals surface area contributed by atoms with Gasteiger partial charge in [0.1, 0.15) is 17.7 Å². The highest BCUT2D eigenvalue weighted by Crippen LogP contribution is 2.27. The molecule has 0 amide bonds. The number of halogens is 1. The summed E-state index contributed by atoms with van der Waals surface area (Å²) in [6.45, 7) is 0. The molecule has 2 nitrogen and oxygen atoms in total. The molecule has 1 aromatic carbocycles. The molecule has 1 aliphatic carbocycles. The van der Waals surface area contributed by atoms with E-state index in [1.807, 2.05) is 0 Å². The molecule has 1 unspecified atom stereocenters. The van der Waals surface area contributed by atoms with Crippen LogP contribution >= 0.6 is 8.00 Å². The lowest BCUT2D eigenvalue weighted by molar-refractivity contribution is -0.176. The van der Waals surface area contributed by atoms with Crippen molar-refractivity contribution in [2.75, 3.05) is 0 Å².